The summed E-state index contributed by atoms with van der Waals surface area (Å²) in [7, 11) is 0. The molecule has 1 aliphatic heterocycles. The molecule has 1 aromatic carbocycles. The molecule has 0 aromatic heterocycles. The number of ether oxygens (including phenoxy) is 2. The van der Waals surface area contributed by atoms with Gasteiger partial charge >= 0.3 is 6.18 Å². The van der Waals surface area contributed by atoms with E-state index < -0.39 is 17.2 Å². The Labute approximate surface area is 108 Å². The number of hydrogen-bond donors (Lipinski definition) is 1. The van der Waals surface area contributed by atoms with Gasteiger partial charge in [0, 0.05) is 12.0 Å². The van der Waals surface area contributed by atoms with Crippen molar-refractivity contribution in [3.05, 3.63) is 23.3 Å². The second kappa shape index (κ2) is 4.03. The Morgan fingerprint density at radius 3 is 2.16 bits per heavy atom. The van der Waals surface area contributed by atoms with Gasteiger partial charge in [-0.3, -0.25) is 0 Å². The number of nitrogens with two attached hydrogens (primary N) is 1. The van der Waals surface area contributed by atoms with Crippen LogP contribution in [0.3, 0.4) is 0 Å². The third-order valence-electron chi connectivity index (χ3n) is 3.80. The van der Waals surface area contributed by atoms with Crippen LogP contribution in [0.5, 0.6) is 11.5 Å². The monoisotopic (exact) mass is 273 g/mol. The minimum atomic E-state index is -4.41. The highest BCUT2D eigenvalue weighted by atomic mass is 19.4. The summed E-state index contributed by atoms with van der Waals surface area (Å²) >= 11 is 0. The van der Waals surface area contributed by atoms with Gasteiger partial charge in [-0.2, -0.15) is 13.2 Å². The molecule has 19 heavy (non-hydrogen) atoms. The minimum Gasteiger partial charge on any atom is -0.486 e. The molecule has 0 amide bonds. The van der Waals surface area contributed by atoms with Crippen molar-refractivity contribution in [1.29, 1.82) is 0 Å². The van der Waals surface area contributed by atoms with Crippen LogP contribution in [-0.4, -0.2) is 19.8 Å². The molecule has 2 aliphatic rings. The standard InChI is InChI=1S/C13H14F3NO2/c14-13(15,16)9-6-11-10(18-3-4-19-11)5-8(9)12(7-17)1-2-12/h5-6H,1-4,7,17H2. The summed E-state index contributed by atoms with van der Waals surface area (Å²) < 4.78 is 50.1. The van der Waals surface area contributed by atoms with E-state index in [0.29, 0.717) is 25.2 Å². The summed E-state index contributed by atoms with van der Waals surface area (Å²) in [4.78, 5) is 0. The van der Waals surface area contributed by atoms with E-state index in [1.54, 1.807) is 0 Å². The van der Waals surface area contributed by atoms with E-state index in [4.69, 9.17) is 15.2 Å². The van der Waals surface area contributed by atoms with Gasteiger partial charge in [0.25, 0.3) is 0 Å². The molecule has 0 saturated heterocycles. The zero-order valence-electron chi connectivity index (χ0n) is 10.2. The highest BCUT2D eigenvalue weighted by Crippen LogP contribution is 2.53. The van der Waals surface area contributed by atoms with Crippen molar-refractivity contribution in [3.63, 3.8) is 0 Å². The maximum Gasteiger partial charge on any atom is 0.416 e. The molecule has 2 N–H and O–H groups in total. The molecule has 0 bridgehead atoms. The SMILES string of the molecule is NCC1(c2cc3c(cc2C(F)(F)F)OCCO3)CC1. The van der Waals surface area contributed by atoms with Crippen LogP contribution in [0, 0.1) is 0 Å². The van der Waals surface area contributed by atoms with Crippen molar-refractivity contribution in [3.8, 4) is 11.5 Å². The quantitative estimate of drug-likeness (QED) is 0.900. The summed E-state index contributed by atoms with van der Waals surface area (Å²) in [5, 5.41) is 0. The van der Waals surface area contributed by atoms with Gasteiger partial charge in [-0.15, -0.1) is 0 Å². The lowest BCUT2D eigenvalue weighted by Crippen LogP contribution is -2.25. The van der Waals surface area contributed by atoms with Crippen molar-refractivity contribution in [2.45, 2.75) is 24.4 Å². The lowest BCUT2D eigenvalue weighted by Gasteiger charge is -2.25. The van der Waals surface area contributed by atoms with Gasteiger partial charge in [-0.25, -0.2) is 0 Å². The van der Waals surface area contributed by atoms with Crippen molar-refractivity contribution < 1.29 is 22.6 Å². The van der Waals surface area contributed by atoms with Gasteiger partial charge in [0.15, 0.2) is 11.5 Å². The smallest absolute Gasteiger partial charge is 0.416 e. The summed E-state index contributed by atoms with van der Waals surface area (Å²) in [6.45, 7) is 0.842. The molecule has 1 aromatic rings. The first-order valence-corrected chi connectivity index (χ1v) is 6.18. The number of fused-ring (bicyclic) bond motifs is 1. The van der Waals surface area contributed by atoms with Crippen LogP contribution in [-0.2, 0) is 11.6 Å². The van der Waals surface area contributed by atoms with E-state index in [0.717, 1.165) is 6.07 Å². The highest BCUT2D eigenvalue weighted by molar-refractivity contribution is 5.53. The van der Waals surface area contributed by atoms with Crippen LogP contribution in [0.25, 0.3) is 0 Å². The zero-order valence-corrected chi connectivity index (χ0v) is 10.2. The molecule has 104 valence electrons. The molecular weight excluding hydrogens is 259 g/mol. The van der Waals surface area contributed by atoms with Crippen LogP contribution in [0.1, 0.15) is 24.0 Å². The number of alkyl halides is 3. The Kier molecular flexibility index (Phi) is 2.67. The largest absolute Gasteiger partial charge is 0.486 e. The molecule has 0 radical (unpaired) electrons. The van der Waals surface area contributed by atoms with Gasteiger partial charge in [0.05, 0.1) is 5.56 Å². The van der Waals surface area contributed by atoms with E-state index in [1.165, 1.54) is 6.07 Å². The summed E-state index contributed by atoms with van der Waals surface area (Å²) in [6, 6.07) is 2.50. The molecule has 1 fully saturated rings. The Balaban J connectivity index is 2.15. The van der Waals surface area contributed by atoms with Crippen molar-refractivity contribution in [2.75, 3.05) is 19.8 Å². The maximum absolute atomic E-state index is 13.2. The summed E-state index contributed by atoms with van der Waals surface area (Å²) in [5.74, 6) is 0.545. The van der Waals surface area contributed by atoms with Crippen LogP contribution in [0.15, 0.2) is 12.1 Å². The van der Waals surface area contributed by atoms with Gasteiger partial charge in [-0.05, 0) is 30.5 Å². The summed E-state index contributed by atoms with van der Waals surface area (Å²) in [6.07, 6.45) is -3.03. The number of hydrogen-bond acceptors (Lipinski definition) is 3. The molecule has 3 nitrogen and oxygen atoms in total. The Morgan fingerprint density at radius 2 is 1.68 bits per heavy atom. The third kappa shape index (κ3) is 2.04. The van der Waals surface area contributed by atoms with Gasteiger partial charge in [0.1, 0.15) is 13.2 Å². The fraction of sp³-hybridized carbons (Fsp3) is 0.538. The van der Waals surface area contributed by atoms with Crippen molar-refractivity contribution >= 4 is 0 Å². The van der Waals surface area contributed by atoms with Gasteiger partial charge in [-0.1, -0.05) is 0 Å². The fourth-order valence-electron chi connectivity index (χ4n) is 2.50. The second-order valence-electron chi connectivity index (χ2n) is 5.02. The molecular formula is C13H14F3NO2. The van der Waals surface area contributed by atoms with Crippen LogP contribution in [0.2, 0.25) is 0 Å². The Morgan fingerprint density at radius 1 is 1.11 bits per heavy atom. The lowest BCUT2D eigenvalue weighted by molar-refractivity contribution is -0.138. The molecule has 1 saturated carbocycles. The number of benzene rings is 1. The minimum absolute atomic E-state index is 0.162. The van der Waals surface area contributed by atoms with E-state index in [1.807, 2.05) is 0 Å². The highest BCUT2D eigenvalue weighted by Gasteiger charge is 2.49. The van der Waals surface area contributed by atoms with Crippen LogP contribution in [0.4, 0.5) is 13.2 Å². The molecule has 1 heterocycles. The molecule has 1 aliphatic carbocycles. The maximum atomic E-state index is 13.2. The Hall–Kier alpha value is -1.43. The van der Waals surface area contributed by atoms with Crippen molar-refractivity contribution in [2.24, 2.45) is 5.73 Å². The normalized spacial score (nSPS) is 20.2. The topological polar surface area (TPSA) is 44.5 Å². The Bertz CT molecular complexity index is 509. The summed E-state index contributed by atoms with van der Waals surface area (Å²) in [5.41, 5.74) is 4.70. The predicted octanol–water partition coefficient (Wildman–Crippen LogP) is 2.47. The van der Waals surface area contributed by atoms with E-state index in [9.17, 15) is 13.2 Å². The average molecular weight is 273 g/mol. The average Bonchev–Trinajstić information content (AvgIpc) is 3.17. The van der Waals surface area contributed by atoms with Crippen molar-refractivity contribution in [1.82, 2.24) is 0 Å². The van der Waals surface area contributed by atoms with Gasteiger partial charge < -0.3 is 15.2 Å². The lowest BCUT2D eigenvalue weighted by atomic mass is 9.90. The van der Waals surface area contributed by atoms with Crippen LogP contribution >= 0.6 is 0 Å². The second-order valence-corrected chi connectivity index (χ2v) is 5.02. The van der Waals surface area contributed by atoms with E-state index in [-0.39, 0.29) is 24.5 Å². The molecule has 0 spiro atoms. The molecule has 0 atom stereocenters. The first-order valence-electron chi connectivity index (χ1n) is 6.18. The third-order valence-corrected chi connectivity index (χ3v) is 3.80. The molecule has 0 unspecified atom stereocenters. The van der Waals surface area contributed by atoms with E-state index in [2.05, 4.69) is 0 Å². The first kappa shape index (κ1) is 12.6. The van der Waals surface area contributed by atoms with Gasteiger partial charge in [0.2, 0.25) is 0 Å². The molecule has 6 heteroatoms. The fourth-order valence-corrected chi connectivity index (χ4v) is 2.50. The predicted molar refractivity (Wildman–Crippen MR) is 62.4 cm³/mol. The van der Waals surface area contributed by atoms with Crippen LogP contribution < -0.4 is 15.2 Å². The number of halogens is 3. The number of rotatable bonds is 2. The molecule has 3 rings (SSSR count). The zero-order chi connectivity index (χ0) is 13.7. The first-order chi connectivity index (χ1) is 8.96. The van der Waals surface area contributed by atoms with E-state index >= 15 is 0 Å².